The average molecular weight is 579 g/mol. The first-order valence-electron chi connectivity index (χ1n) is 15.0. The van der Waals surface area contributed by atoms with Crippen molar-refractivity contribution in [1.82, 2.24) is 9.62 Å². The summed E-state index contributed by atoms with van der Waals surface area (Å²) in [7, 11) is -2.36. The summed E-state index contributed by atoms with van der Waals surface area (Å²) in [6, 6.07) is 5.68. The van der Waals surface area contributed by atoms with Crippen LogP contribution in [0.5, 0.6) is 5.75 Å². The zero-order valence-electron chi connectivity index (χ0n) is 24.0. The van der Waals surface area contributed by atoms with E-state index in [2.05, 4.69) is 5.32 Å². The first-order chi connectivity index (χ1) is 19.1. The number of methoxy groups -OCH3 is 1. The second kappa shape index (κ2) is 12.5. The van der Waals surface area contributed by atoms with Crippen molar-refractivity contribution >= 4 is 16.1 Å². The van der Waals surface area contributed by atoms with Gasteiger partial charge < -0.3 is 24.6 Å². The third-order valence-electron chi connectivity index (χ3n) is 9.53. The fourth-order valence-corrected chi connectivity index (χ4v) is 9.50. The number of benzene rings is 1. The number of alkyl carbamates (subject to hydrolysis) is 1. The largest absolute Gasteiger partial charge is 0.497 e. The summed E-state index contributed by atoms with van der Waals surface area (Å²) in [5, 5.41) is 14.6. The monoisotopic (exact) mass is 578 g/mol. The summed E-state index contributed by atoms with van der Waals surface area (Å²) in [6.45, 7) is 4.98. The van der Waals surface area contributed by atoms with Gasteiger partial charge in [0.1, 0.15) is 11.9 Å². The number of nitrogens with one attached hydrogen (secondary N) is 1. The number of carbonyl (C=O) groups excluding carboxylic acids is 1. The van der Waals surface area contributed by atoms with E-state index in [1.54, 1.807) is 12.1 Å². The lowest BCUT2D eigenvalue weighted by Gasteiger charge is -2.55. The smallest absolute Gasteiger partial charge is 0.407 e. The molecule has 224 valence electrons. The lowest BCUT2D eigenvalue weighted by atomic mass is 9.51. The summed E-state index contributed by atoms with van der Waals surface area (Å²) in [5.74, 6) is 3.89. The van der Waals surface area contributed by atoms with E-state index >= 15 is 0 Å². The molecule has 1 amide bonds. The number of carbonyl (C=O) groups is 1. The third-order valence-corrected chi connectivity index (χ3v) is 11.4. The van der Waals surface area contributed by atoms with Gasteiger partial charge in [0.2, 0.25) is 10.0 Å². The molecule has 2 N–H and O–H groups in total. The lowest BCUT2D eigenvalue weighted by Crippen LogP contribution is -2.54. The summed E-state index contributed by atoms with van der Waals surface area (Å²) < 4.78 is 44.9. The van der Waals surface area contributed by atoms with Crippen molar-refractivity contribution in [3.05, 3.63) is 24.3 Å². The van der Waals surface area contributed by atoms with Gasteiger partial charge in [0, 0.05) is 19.5 Å². The van der Waals surface area contributed by atoms with E-state index in [0.717, 1.165) is 11.8 Å². The number of hydrogen-bond acceptors (Lipinski definition) is 7. The minimum atomic E-state index is -3.89. The summed E-state index contributed by atoms with van der Waals surface area (Å²) in [4.78, 5) is 13.1. The third kappa shape index (κ3) is 6.77. The Morgan fingerprint density at radius 2 is 1.73 bits per heavy atom. The number of aliphatic hydroxyl groups excluding tert-OH is 1. The van der Waals surface area contributed by atoms with Crippen molar-refractivity contribution in [1.29, 1.82) is 0 Å². The highest BCUT2D eigenvalue weighted by Crippen LogP contribution is 2.57. The van der Waals surface area contributed by atoms with Crippen LogP contribution in [0.3, 0.4) is 0 Å². The molecular weight excluding hydrogens is 532 g/mol. The highest BCUT2D eigenvalue weighted by Gasteiger charge is 2.49. The van der Waals surface area contributed by atoms with Crippen LogP contribution in [-0.2, 0) is 19.5 Å². The fourth-order valence-electron chi connectivity index (χ4n) is 7.88. The molecule has 5 fully saturated rings. The zero-order valence-corrected chi connectivity index (χ0v) is 24.9. The maximum Gasteiger partial charge on any atom is 0.407 e. The van der Waals surface area contributed by atoms with Crippen LogP contribution in [0.4, 0.5) is 4.79 Å². The van der Waals surface area contributed by atoms with Crippen LogP contribution in [-0.4, -0.2) is 75.6 Å². The van der Waals surface area contributed by atoms with E-state index < -0.39 is 28.3 Å². The molecule has 9 nitrogen and oxygen atoms in total. The minimum Gasteiger partial charge on any atom is -0.497 e. The second-order valence-corrected chi connectivity index (χ2v) is 14.9. The lowest BCUT2D eigenvalue weighted by molar-refractivity contribution is -0.0501. The predicted octanol–water partition coefficient (Wildman–Crippen LogP) is 4.05. The number of nitrogens with zero attached hydrogens (tertiary/aromatic N) is 1. The van der Waals surface area contributed by atoms with Crippen LogP contribution in [0.1, 0.15) is 58.8 Å². The second-order valence-electron chi connectivity index (χ2n) is 12.9. The quantitative estimate of drug-likeness (QED) is 0.385. The Bertz CT molecular complexity index is 1080. The molecule has 4 aliphatic carbocycles. The minimum absolute atomic E-state index is 0.0448. The normalized spacial score (nSPS) is 30.9. The molecular formula is C30H46N2O7S. The van der Waals surface area contributed by atoms with E-state index in [4.69, 9.17) is 14.2 Å². The number of sulfonamides is 1. The van der Waals surface area contributed by atoms with Crippen molar-refractivity contribution in [3.8, 4) is 5.75 Å². The Morgan fingerprint density at radius 1 is 1.07 bits per heavy atom. The summed E-state index contributed by atoms with van der Waals surface area (Å²) in [6.07, 6.45) is 5.60. The molecule has 0 unspecified atom stereocenters. The van der Waals surface area contributed by atoms with Crippen molar-refractivity contribution in [2.75, 3.05) is 33.4 Å². The SMILES string of the molecule is COc1ccc(S(=O)(=O)N(CC(C)C)C[C@@H](O)[C@H](CC2C3CC4CC(C3)CC2C4)NC(=O)O[C@H]2CCOC2)cc1. The number of rotatable bonds is 12. The number of amides is 1. The fraction of sp³-hybridized carbons (Fsp3) is 0.767. The van der Waals surface area contributed by atoms with Gasteiger partial charge in [0.25, 0.3) is 0 Å². The molecule has 1 heterocycles. The molecule has 4 bridgehead atoms. The summed E-state index contributed by atoms with van der Waals surface area (Å²) >= 11 is 0. The van der Waals surface area contributed by atoms with Gasteiger partial charge in [-0.3, -0.25) is 0 Å². The van der Waals surface area contributed by atoms with Gasteiger partial charge in [0.05, 0.1) is 37.4 Å². The molecule has 3 atom stereocenters. The van der Waals surface area contributed by atoms with E-state index in [9.17, 15) is 18.3 Å². The standard InChI is InChI=1S/C30H46N2O7S/c1-19(2)16-32(40(35,36)26-6-4-24(37-3)5-7-26)17-29(33)28(31-30(34)39-25-8-9-38-18-25)15-27-22-11-20-10-21(13-22)14-23(27)12-20/h4-7,19-23,25,27-29,33H,8-18H2,1-3H3,(H,31,34)/t20?,21?,22?,23?,25-,27?,28-,29+/m0/s1. The van der Waals surface area contributed by atoms with Crippen LogP contribution >= 0.6 is 0 Å². The average Bonchev–Trinajstić information content (AvgIpc) is 3.42. The maximum atomic E-state index is 13.7. The molecule has 1 aliphatic heterocycles. The van der Waals surface area contributed by atoms with Crippen molar-refractivity contribution in [3.63, 3.8) is 0 Å². The molecule has 1 saturated heterocycles. The zero-order chi connectivity index (χ0) is 28.4. The Labute approximate surface area is 239 Å². The highest BCUT2D eigenvalue weighted by molar-refractivity contribution is 7.89. The molecule has 0 radical (unpaired) electrons. The van der Waals surface area contributed by atoms with Crippen LogP contribution in [0.15, 0.2) is 29.2 Å². The Kier molecular flexibility index (Phi) is 9.29. The molecule has 0 spiro atoms. The van der Waals surface area contributed by atoms with E-state index in [-0.39, 0.29) is 30.0 Å². The summed E-state index contributed by atoms with van der Waals surface area (Å²) in [5.41, 5.74) is 0. The van der Waals surface area contributed by atoms with E-state index in [1.807, 2.05) is 13.8 Å². The molecule has 1 aromatic carbocycles. The van der Waals surface area contributed by atoms with Gasteiger partial charge in [-0.2, -0.15) is 4.31 Å². The molecule has 5 aliphatic rings. The predicted molar refractivity (Wildman–Crippen MR) is 150 cm³/mol. The molecule has 4 saturated carbocycles. The number of ether oxygens (including phenoxy) is 3. The van der Waals surface area contributed by atoms with Crippen molar-refractivity contribution in [2.45, 2.75) is 81.9 Å². The van der Waals surface area contributed by atoms with Crippen LogP contribution in [0.25, 0.3) is 0 Å². The van der Waals surface area contributed by atoms with Crippen LogP contribution in [0, 0.1) is 35.5 Å². The van der Waals surface area contributed by atoms with Gasteiger partial charge in [-0.15, -0.1) is 0 Å². The number of aliphatic hydroxyl groups is 1. The molecule has 40 heavy (non-hydrogen) atoms. The first kappa shape index (κ1) is 29.6. The number of hydrogen-bond donors (Lipinski definition) is 2. The topological polar surface area (TPSA) is 114 Å². The van der Waals surface area contributed by atoms with E-state index in [1.165, 1.54) is 55.7 Å². The molecule has 1 aromatic rings. The molecule has 10 heteroatoms. The Morgan fingerprint density at radius 3 is 2.27 bits per heavy atom. The van der Waals surface area contributed by atoms with Gasteiger partial charge in [0.15, 0.2) is 0 Å². The maximum absolute atomic E-state index is 13.7. The van der Waals surface area contributed by atoms with Gasteiger partial charge in [-0.05, 0) is 98.3 Å². The van der Waals surface area contributed by atoms with Crippen LogP contribution in [0.2, 0.25) is 0 Å². The highest BCUT2D eigenvalue weighted by atomic mass is 32.2. The van der Waals surface area contributed by atoms with Crippen molar-refractivity contribution < 1.29 is 32.5 Å². The Hall–Kier alpha value is -1.88. The first-order valence-corrected chi connectivity index (χ1v) is 16.4. The van der Waals surface area contributed by atoms with Crippen LogP contribution < -0.4 is 10.1 Å². The van der Waals surface area contributed by atoms with E-state index in [0.29, 0.717) is 49.6 Å². The Balaban J connectivity index is 1.34. The molecule has 0 aromatic heterocycles. The van der Waals surface area contributed by atoms with Gasteiger partial charge in [-0.25, -0.2) is 13.2 Å². The van der Waals surface area contributed by atoms with Crippen molar-refractivity contribution in [2.24, 2.45) is 35.5 Å². The van der Waals surface area contributed by atoms with Gasteiger partial charge >= 0.3 is 6.09 Å². The van der Waals surface area contributed by atoms with Gasteiger partial charge in [-0.1, -0.05) is 13.8 Å². The molecule has 6 rings (SSSR count).